The molecule has 0 fully saturated rings. The van der Waals surface area contributed by atoms with Gasteiger partial charge in [-0.3, -0.25) is 4.98 Å². The van der Waals surface area contributed by atoms with Crippen molar-refractivity contribution in [2.75, 3.05) is 0 Å². The fourth-order valence-electron chi connectivity index (χ4n) is 1.65. The van der Waals surface area contributed by atoms with Gasteiger partial charge in [0.05, 0.1) is 5.69 Å². The zero-order valence-corrected chi connectivity index (χ0v) is 7.54. The Morgan fingerprint density at radius 3 is 3.08 bits per heavy atom. The van der Waals surface area contributed by atoms with E-state index in [1.54, 1.807) is 0 Å². The summed E-state index contributed by atoms with van der Waals surface area (Å²) in [4.78, 5) is 4.48. The zero-order valence-electron chi connectivity index (χ0n) is 7.54. The molecule has 0 bridgehead atoms. The Bertz CT molecular complexity index is 326. The van der Waals surface area contributed by atoms with Gasteiger partial charge in [0.1, 0.15) is 0 Å². The molecule has 1 unspecified atom stereocenters. The SMILES string of the molecule is Cc1ccc2c(n1)C=CCC2C. The minimum Gasteiger partial charge on any atom is -0.253 e. The van der Waals surface area contributed by atoms with Crippen molar-refractivity contribution in [3.63, 3.8) is 0 Å². The normalized spacial score (nSPS) is 20.7. The monoisotopic (exact) mass is 159 g/mol. The van der Waals surface area contributed by atoms with E-state index in [-0.39, 0.29) is 0 Å². The molecule has 62 valence electrons. The molecule has 1 heteroatoms. The number of allylic oxidation sites excluding steroid dienone is 1. The minimum atomic E-state index is 0.637. The predicted octanol–water partition coefficient (Wildman–Crippen LogP) is 2.91. The Morgan fingerprint density at radius 1 is 1.42 bits per heavy atom. The summed E-state index contributed by atoms with van der Waals surface area (Å²) in [5, 5.41) is 0. The summed E-state index contributed by atoms with van der Waals surface area (Å²) in [6, 6.07) is 4.29. The average molecular weight is 159 g/mol. The maximum Gasteiger partial charge on any atom is 0.0664 e. The van der Waals surface area contributed by atoms with Gasteiger partial charge in [0.2, 0.25) is 0 Å². The van der Waals surface area contributed by atoms with Crippen LogP contribution < -0.4 is 0 Å². The maximum absolute atomic E-state index is 4.48. The largest absolute Gasteiger partial charge is 0.253 e. The lowest BCUT2D eigenvalue weighted by atomic mass is 9.91. The summed E-state index contributed by atoms with van der Waals surface area (Å²) in [6.07, 6.45) is 5.49. The van der Waals surface area contributed by atoms with Crippen molar-refractivity contribution in [1.29, 1.82) is 0 Å². The van der Waals surface area contributed by atoms with Crippen LogP contribution in [0.25, 0.3) is 6.08 Å². The second-order valence-corrected chi connectivity index (χ2v) is 3.47. The van der Waals surface area contributed by atoms with Gasteiger partial charge < -0.3 is 0 Å². The van der Waals surface area contributed by atoms with Crippen LogP contribution in [0.1, 0.15) is 36.2 Å². The molecule has 0 aliphatic heterocycles. The van der Waals surface area contributed by atoms with Gasteiger partial charge in [-0.25, -0.2) is 0 Å². The summed E-state index contributed by atoms with van der Waals surface area (Å²) in [7, 11) is 0. The van der Waals surface area contributed by atoms with Gasteiger partial charge in [-0.15, -0.1) is 0 Å². The first-order valence-corrected chi connectivity index (χ1v) is 4.41. The van der Waals surface area contributed by atoms with Gasteiger partial charge in [-0.1, -0.05) is 19.1 Å². The number of pyridine rings is 1. The number of aryl methyl sites for hydroxylation is 1. The van der Waals surface area contributed by atoms with Crippen LogP contribution in [0.5, 0.6) is 0 Å². The van der Waals surface area contributed by atoms with E-state index in [1.807, 2.05) is 6.92 Å². The highest BCUT2D eigenvalue weighted by Gasteiger charge is 2.12. The molecule has 0 amide bonds. The number of rotatable bonds is 0. The maximum atomic E-state index is 4.48. The number of nitrogens with zero attached hydrogens (tertiary/aromatic N) is 1. The summed E-state index contributed by atoms with van der Waals surface area (Å²) >= 11 is 0. The summed E-state index contributed by atoms with van der Waals surface area (Å²) in [5.74, 6) is 0.637. The van der Waals surface area contributed by atoms with Gasteiger partial charge in [0.15, 0.2) is 0 Å². The van der Waals surface area contributed by atoms with Crippen molar-refractivity contribution in [3.8, 4) is 0 Å². The highest BCUT2D eigenvalue weighted by molar-refractivity contribution is 5.53. The van der Waals surface area contributed by atoms with E-state index in [1.165, 1.54) is 5.56 Å². The third kappa shape index (κ3) is 1.15. The Kier molecular flexibility index (Phi) is 1.72. The average Bonchev–Trinajstić information content (AvgIpc) is 2.04. The Morgan fingerprint density at radius 2 is 2.25 bits per heavy atom. The van der Waals surface area contributed by atoms with Crippen LogP contribution in [0.3, 0.4) is 0 Å². The Hall–Kier alpha value is -1.11. The molecular weight excluding hydrogens is 146 g/mol. The lowest BCUT2D eigenvalue weighted by Gasteiger charge is -2.16. The van der Waals surface area contributed by atoms with Crippen molar-refractivity contribution in [2.24, 2.45) is 0 Å². The van der Waals surface area contributed by atoms with E-state index in [2.05, 4.69) is 36.2 Å². The lowest BCUT2D eigenvalue weighted by molar-refractivity contribution is 0.762. The van der Waals surface area contributed by atoms with Crippen molar-refractivity contribution in [2.45, 2.75) is 26.2 Å². The fourth-order valence-corrected chi connectivity index (χ4v) is 1.65. The standard InChI is InChI=1S/C11H13N/c1-8-4-3-5-11-10(8)7-6-9(2)12-11/h3,5-8H,4H2,1-2H3. The number of hydrogen-bond acceptors (Lipinski definition) is 1. The molecule has 1 atom stereocenters. The smallest absolute Gasteiger partial charge is 0.0664 e. The zero-order chi connectivity index (χ0) is 8.55. The van der Waals surface area contributed by atoms with Crippen molar-refractivity contribution < 1.29 is 0 Å². The molecular formula is C11H13N. The van der Waals surface area contributed by atoms with Gasteiger partial charge in [0, 0.05) is 5.69 Å². The predicted molar refractivity (Wildman–Crippen MR) is 51.0 cm³/mol. The van der Waals surface area contributed by atoms with E-state index in [0.29, 0.717) is 5.92 Å². The van der Waals surface area contributed by atoms with Crippen LogP contribution in [-0.2, 0) is 0 Å². The highest BCUT2D eigenvalue weighted by Crippen LogP contribution is 2.27. The molecule has 0 spiro atoms. The second-order valence-electron chi connectivity index (χ2n) is 3.47. The van der Waals surface area contributed by atoms with E-state index in [0.717, 1.165) is 17.8 Å². The molecule has 1 nitrogen and oxygen atoms in total. The molecule has 0 radical (unpaired) electrons. The van der Waals surface area contributed by atoms with Crippen LogP contribution in [0, 0.1) is 6.92 Å². The van der Waals surface area contributed by atoms with Gasteiger partial charge in [-0.05, 0) is 37.0 Å². The lowest BCUT2D eigenvalue weighted by Crippen LogP contribution is -2.02. The number of hydrogen-bond donors (Lipinski definition) is 0. The molecule has 0 aromatic carbocycles. The van der Waals surface area contributed by atoms with E-state index >= 15 is 0 Å². The molecule has 1 aliphatic rings. The summed E-state index contributed by atoms with van der Waals surface area (Å²) in [5.41, 5.74) is 3.66. The van der Waals surface area contributed by atoms with Crippen molar-refractivity contribution in [1.82, 2.24) is 4.98 Å². The van der Waals surface area contributed by atoms with Crippen LogP contribution in [0.15, 0.2) is 18.2 Å². The van der Waals surface area contributed by atoms with Crippen LogP contribution in [-0.4, -0.2) is 4.98 Å². The molecule has 1 aliphatic carbocycles. The first-order valence-electron chi connectivity index (χ1n) is 4.41. The van der Waals surface area contributed by atoms with E-state index < -0.39 is 0 Å². The number of fused-ring (bicyclic) bond motifs is 1. The van der Waals surface area contributed by atoms with Gasteiger partial charge >= 0.3 is 0 Å². The summed E-state index contributed by atoms with van der Waals surface area (Å²) in [6.45, 7) is 4.28. The minimum absolute atomic E-state index is 0.637. The number of aromatic nitrogens is 1. The first-order chi connectivity index (χ1) is 5.77. The molecule has 1 heterocycles. The van der Waals surface area contributed by atoms with Gasteiger partial charge in [-0.2, -0.15) is 0 Å². The van der Waals surface area contributed by atoms with Crippen LogP contribution in [0.4, 0.5) is 0 Å². The van der Waals surface area contributed by atoms with Crippen LogP contribution >= 0.6 is 0 Å². The molecule has 0 saturated heterocycles. The Labute approximate surface area is 73.1 Å². The highest BCUT2D eigenvalue weighted by atomic mass is 14.7. The van der Waals surface area contributed by atoms with Crippen LogP contribution in [0.2, 0.25) is 0 Å². The molecule has 12 heavy (non-hydrogen) atoms. The fraction of sp³-hybridized carbons (Fsp3) is 0.364. The first kappa shape index (κ1) is 7.53. The molecule has 0 N–H and O–H groups in total. The van der Waals surface area contributed by atoms with Crippen molar-refractivity contribution in [3.05, 3.63) is 35.2 Å². The van der Waals surface area contributed by atoms with Gasteiger partial charge in [0.25, 0.3) is 0 Å². The second kappa shape index (κ2) is 2.74. The third-order valence-corrected chi connectivity index (χ3v) is 2.39. The topological polar surface area (TPSA) is 12.9 Å². The quantitative estimate of drug-likeness (QED) is 0.567. The molecule has 2 rings (SSSR count). The molecule has 1 aromatic rings. The summed E-state index contributed by atoms with van der Waals surface area (Å²) < 4.78 is 0. The third-order valence-electron chi connectivity index (χ3n) is 2.39. The van der Waals surface area contributed by atoms with E-state index in [4.69, 9.17) is 0 Å². The molecule has 0 saturated carbocycles. The van der Waals surface area contributed by atoms with E-state index in [9.17, 15) is 0 Å². The molecule has 1 aromatic heterocycles. The van der Waals surface area contributed by atoms with Crippen molar-refractivity contribution >= 4 is 6.08 Å². The Balaban J connectivity index is 2.55.